The highest BCUT2D eigenvalue weighted by Gasteiger charge is 2.31. The highest BCUT2D eigenvalue weighted by Crippen LogP contribution is 2.35. The molecule has 0 radical (unpaired) electrons. The zero-order valence-electron chi connectivity index (χ0n) is 14.0. The van der Waals surface area contributed by atoms with Gasteiger partial charge < -0.3 is 11.1 Å². The van der Waals surface area contributed by atoms with E-state index in [4.69, 9.17) is 10.7 Å². The van der Waals surface area contributed by atoms with E-state index in [1.807, 2.05) is 31.2 Å². The van der Waals surface area contributed by atoms with E-state index in [0.717, 1.165) is 48.3 Å². The predicted molar refractivity (Wildman–Crippen MR) is 96.2 cm³/mol. The molecule has 124 valence electrons. The average Bonchev–Trinajstić information content (AvgIpc) is 2.63. The van der Waals surface area contributed by atoms with Crippen molar-refractivity contribution in [3.63, 3.8) is 0 Å². The molecule has 3 N–H and O–H groups in total. The standard InChI is InChI=1S/C19H23N5/c1-14-11-22-17(21)10-15(14)16-6-5-7-18(24-16)23-13-19(12-20)8-3-2-4-9-19/h5-7,10-11H,2-4,8-9,13H2,1H3,(H2,21,22)(H,23,24). The van der Waals surface area contributed by atoms with Gasteiger partial charge in [0.1, 0.15) is 11.6 Å². The molecule has 3 rings (SSSR count). The molecule has 1 aliphatic rings. The van der Waals surface area contributed by atoms with Crippen LogP contribution in [0, 0.1) is 23.7 Å². The van der Waals surface area contributed by atoms with Crippen LogP contribution in [0.2, 0.25) is 0 Å². The first-order valence-electron chi connectivity index (χ1n) is 8.47. The highest BCUT2D eigenvalue weighted by molar-refractivity contribution is 5.67. The molecule has 0 amide bonds. The number of aromatic nitrogens is 2. The second-order valence-electron chi connectivity index (χ2n) is 6.64. The van der Waals surface area contributed by atoms with Crippen molar-refractivity contribution in [3.8, 4) is 17.3 Å². The van der Waals surface area contributed by atoms with Crippen LogP contribution < -0.4 is 11.1 Å². The van der Waals surface area contributed by atoms with Crippen LogP contribution in [0.4, 0.5) is 11.6 Å². The van der Waals surface area contributed by atoms with Crippen molar-refractivity contribution in [3.05, 3.63) is 36.0 Å². The molecule has 0 aliphatic heterocycles. The molecule has 1 fully saturated rings. The summed E-state index contributed by atoms with van der Waals surface area (Å²) in [6.45, 7) is 2.65. The Balaban J connectivity index is 1.78. The van der Waals surface area contributed by atoms with Gasteiger partial charge in [0.15, 0.2) is 0 Å². The molecule has 0 spiro atoms. The largest absolute Gasteiger partial charge is 0.384 e. The molecule has 0 unspecified atom stereocenters. The van der Waals surface area contributed by atoms with E-state index in [9.17, 15) is 5.26 Å². The van der Waals surface area contributed by atoms with Crippen molar-refractivity contribution >= 4 is 11.6 Å². The van der Waals surface area contributed by atoms with Crippen LogP contribution in [-0.2, 0) is 0 Å². The number of aryl methyl sites for hydroxylation is 1. The maximum atomic E-state index is 9.59. The predicted octanol–water partition coefficient (Wildman–Crippen LogP) is 3.92. The summed E-state index contributed by atoms with van der Waals surface area (Å²) in [6.07, 6.45) is 7.21. The van der Waals surface area contributed by atoms with Gasteiger partial charge in [0, 0.05) is 18.3 Å². The minimum atomic E-state index is -0.257. The molecule has 5 heteroatoms. The van der Waals surface area contributed by atoms with Crippen molar-refractivity contribution in [1.82, 2.24) is 9.97 Å². The fraction of sp³-hybridized carbons (Fsp3) is 0.421. The summed E-state index contributed by atoms with van der Waals surface area (Å²) in [5.41, 5.74) is 8.43. The Morgan fingerprint density at radius 3 is 2.83 bits per heavy atom. The van der Waals surface area contributed by atoms with Crippen LogP contribution in [-0.4, -0.2) is 16.5 Å². The Morgan fingerprint density at radius 2 is 2.08 bits per heavy atom. The Hall–Kier alpha value is -2.61. The highest BCUT2D eigenvalue weighted by atomic mass is 15.0. The van der Waals surface area contributed by atoms with Crippen molar-refractivity contribution in [1.29, 1.82) is 5.26 Å². The van der Waals surface area contributed by atoms with Gasteiger partial charge in [-0.1, -0.05) is 25.3 Å². The molecule has 2 aromatic heterocycles. The van der Waals surface area contributed by atoms with Crippen LogP contribution in [0.5, 0.6) is 0 Å². The van der Waals surface area contributed by atoms with E-state index < -0.39 is 0 Å². The van der Waals surface area contributed by atoms with Crippen molar-refractivity contribution in [2.24, 2.45) is 5.41 Å². The fourth-order valence-electron chi connectivity index (χ4n) is 3.32. The van der Waals surface area contributed by atoms with Crippen LogP contribution in [0.15, 0.2) is 30.5 Å². The minimum absolute atomic E-state index is 0.257. The number of hydrogen-bond donors (Lipinski definition) is 2. The summed E-state index contributed by atoms with van der Waals surface area (Å²) in [5.74, 6) is 1.28. The van der Waals surface area contributed by atoms with Gasteiger partial charge in [0.25, 0.3) is 0 Å². The van der Waals surface area contributed by atoms with Crippen LogP contribution >= 0.6 is 0 Å². The Morgan fingerprint density at radius 1 is 1.29 bits per heavy atom. The smallest absolute Gasteiger partial charge is 0.126 e. The fourth-order valence-corrected chi connectivity index (χ4v) is 3.32. The summed E-state index contributed by atoms with van der Waals surface area (Å²) in [4.78, 5) is 8.79. The van der Waals surface area contributed by atoms with Gasteiger partial charge in [0.05, 0.1) is 17.2 Å². The first-order chi connectivity index (χ1) is 11.6. The number of nitriles is 1. The molecule has 2 heterocycles. The van der Waals surface area contributed by atoms with Gasteiger partial charge in [-0.25, -0.2) is 9.97 Å². The van der Waals surface area contributed by atoms with Gasteiger partial charge in [-0.2, -0.15) is 5.26 Å². The van der Waals surface area contributed by atoms with Crippen LogP contribution in [0.1, 0.15) is 37.7 Å². The van der Waals surface area contributed by atoms with Crippen molar-refractivity contribution in [2.75, 3.05) is 17.6 Å². The van der Waals surface area contributed by atoms with E-state index in [2.05, 4.69) is 16.4 Å². The summed E-state index contributed by atoms with van der Waals surface area (Å²) in [5, 5.41) is 13.0. The van der Waals surface area contributed by atoms with Crippen molar-refractivity contribution < 1.29 is 0 Å². The first kappa shape index (κ1) is 16.3. The number of hydrogen-bond acceptors (Lipinski definition) is 5. The average molecular weight is 321 g/mol. The molecular weight excluding hydrogens is 298 g/mol. The van der Waals surface area contributed by atoms with Crippen LogP contribution in [0.3, 0.4) is 0 Å². The second-order valence-corrected chi connectivity index (χ2v) is 6.64. The van der Waals surface area contributed by atoms with E-state index in [1.54, 1.807) is 6.20 Å². The molecule has 2 aromatic rings. The molecule has 0 aromatic carbocycles. The molecule has 0 bridgehead atoms. The monoisotopic (exact) mass is 321 g/mol. The van der Waals surface area contributed by atoms with E-state index >= 15 is 0 Å². The Labute approximate surface area is 142 Å². The summed E-state index contributed by atoms with van der Waals surface area (Å²) in [7, 11) is 0. The van der Waals surface area contributed by atoms with E-state index in [0.29, 0.717) is 12.4 Å². The summed E-state index contributed by atoms with van der Waals surface area (Å²) in [6, 6.07) is 10.3. The zero-order valence-corrected chi connectivity index (χ0v) is 14.0. The minimum Gasteiger partial charge on any atom is -0.384 e. The lowest BCUT2D eigenvalue weighted by Gasteiger charge is -2.30. The molecule has 5 nitrogen and oxygen atoms in total. The Kier molecular flexibility index (Phi) is 4.66. The number of nitrogen functional groups attached to an aromatic ring is 1. The third-order valence-corrected chi connectivity index (χ3v) is 4.81. The number of nitrogens with one attached hydrogen (secondary N) is 1. The number of rotatable bonds is 4. The Bertz CT molecular complexity index is 757. The topological polar surface area (TPSA) is 87.6 Å². The molecule has 0 saturated heterocycles. The van der Waals surface area contributed by atoms with E-state index in [1.165, 1.54) is 6.42 Å². The van der Waals surface area contributed by atoms with Crippen LogP contribution in [0.25, 0.3) is 11.3 Å². The second kappa shape index (κ2) is 6.88. The molecule has 0 atom stereocenters. The van der Waals surface area contributed by atoms with Gasteiger partial charge in [-0.05, 0) is 43.5 Å². The number of nitrogens with two attached hydrogens (primary N) is 1. The van der Waals surface area contributed by atoms with Crippen molar-refractivity contribution in [2.45, 2.75) is 39.0 Å². The maximum absolute atomic E-state index is 9.59. The zero-order chi connectivity index (χ0) is 17.0. The van der Waals surface area contributed by atoms with Gasteiger partial charge in [-0.3, -0.25) is 0 Å². The molecular formula is C19H23N5. The SMILES string of the molecule is Cc1cnc(N)cc1-c1cccc(NCC2(C#N)CCCCC2)n1. The number of anilines is 2. The van der Waals surface area contributed by atoms with Gasteiger partial charge in [0.2, 0.25) is 0 Å². The number of nitrogens with zero attached hydrogens (tertiary/aromatic N) is 3. The summed E-state index contributed by atoms with van der Waals surface area (Å²) < 4.78 is 0. The third-order valence-electron chi connectivity index (χ3n) is 4.81. The first-order valence-corrected chi connectivity index (χ1v) is 8.47. The third kappa shape index (κ3) is 3.48. The molecule has 1 saturated carbocycles. The maximum Gasteiger partial charge on any atom is 0.126 e. The molecule has 1 aliphatic carbocycles. The van der Waals surface area contributed by atoms with E-state index in [-0.39, 0.29) is 5.41 Å². The van der Waals surface area contributed by atoms with Gasteiger partial charge >= 0.3 is 0 Å². The number of pyridine rings is 2. The molecule has 24 heavy (non-hydrogen) atoms. The lowest BCUT2D eigenvalue weighted by atomic mass is 9.75. The quantitative estimate of drug-likeness (QED) is 0.891. The van der Waals surface area contributed by atoms with Gasteiger partial charge in [-0.15, -0.1) is 0 Å². The summed E-state index contributed by atoms with van der Waals surface area (Å²) >= 11 is 0. The lowest BCUT2D eigenvalue weighted by Crippen LogP contribution is -2.30. The lowest BCUT2D eigenvalue weighted by molar-refractivity contribution is 0.284. The normalized spacial score (nSPS) is 16.3.